The highest BCUT2D eigenvalue weighted by Gasteiger charge is 2.19. The van der Waals surface area contributed by atoms with Crippen molar-refractivity contribution < 1.29 is 28.6 Å². The van der Waals surface area contributed by atoms with Gasteiger partial charge in [-0.25, -0.2) is 0 Å². The van der Waals surface area contributed by atoms with Gasteiger partial charge in [0.05, 0.1) is 0 Å². The van der Waals surface area contributed by atoms with E-state index in [9.17, 15) is 14.4 Å². The van der Waals surface area contributed by atoms with E-state index < -0.39 is 6.10 Å². The quantitative estimate of drug-likeness (QED) is 0.0262. The van der Waals surface area contributed by atoms with Crippen LogP contribution in [0.15, 0.2) is 122 Å². The lowest BCUT2D eigenvalue weighted by atomic mass is 10.1. The molecule has 0 rings (SSSR count). The first-order chi connectivity index (χ1) is 34.5. The van der Waals surface area contributed by atoms with Crippen molar-refractivity contribution in [1.29, 1.82) is 0 Å². The van der Waals surface area contributed by atoms with Crippen molar-refractivity contribution in [2.45, 2.75) is 252 Å². The second-order valence-corrected chi connectivity index (χ2v) is 18.5. The van der Waals surface area contributed by atoms with Gasteiger partial charge in [0.1, 0.15) is 13.2 Å². The minimum absolute atomic E-state index is 0.0973. The molecule has 0 aliphatic carbocycles. The molecule has 0 aromatic heterocycles. The largest absolute Gasteiger partial charge is 0.462 e. The van der Waals surface area contributed by atoms with Crippen molar-refractivity contribution in [3.05, 3.63) is 122 Å². The molecule has 396 valence electrons. The maximum Gasteiger partial charge on any atom is 0.306 e. The number of allylic oxidation sites excluding steroid dienone is 20. The molecule has 0 radical (unpaired) electrons. The fraction of sp³-hybridized carbons (Fsp3) is 0.641. The van der Waals surface area contributed by atoms with Crippen molar-refractivity contribution in [2.75, 3.05) is 13.2 Å². The Morgan fingerprint density at radius 3 is 0.943 bits per heavy atom. The van der Waals surface area contributed by atoms with Crippen molar-refractivity contribution in [2.24, 2.45) is 0 Å². The van der Waals surface area contributed by atoms with Gasteiger partial charge in [-0.15, -0.1) is 0 Å². The predicted molar refractivity (Wildman–Crippen MR) is 302 cm³/mol. The molecule has 0 spiro atoms. The zero-order valence-electron chi connectivity index (χ0n) is 45.2. The van der Waals surface area contributed by atoms with E-state index >= 15 is 0 Å². The van der Waals surface area contributed by atoms with E-state index in [1.165, 1.54) is 38.5 Å². The molecule has 0 aliphatic heterocycles. The molecule has 0 aliphatic rings. The molecule has 0 aromatic rings. The summed E-state index contributed by atoms with van der Waals surface area (Å²) in [6.45, 7) is 6.39. The summed E-state index contributed by atoms with van der Waals surface area (Å²) in [5, 5.41) is 0. The van der Waals surface area contributed by atoms with Gasteiger partial charge in [-0.3, -0.25) is 14.4 Å². The molecular formula is C64H104O6. The van der Waals surface area contributed by atoms with Crippen molar-refractivity contribution in [3.63, 3.8) is 0 Å². The summed E-state index contributed by atoms with van der Waals surface area (Å²) in [5.74, 6) is -0.945. The highest BCUT2D eigenvalue weighted by Crippen LogP contribution is 2.13. The maximum atomic E-state index is 12.8. The van der Waals surface area contributed by atoms with Crippen LogP contribution in [0, 0.1) is 0 Å². The molecule has 0 saturated heterocycles. The second-order valence-electron chi connectivity index (χ2n) is 18.5. The Labute approximate surface area is 431 Å². The normalized spacial score (nSPS) is 13.0. The molecule has 0 saturated carbocycles. The Balaban J connectivity index is 4.35. The van der Waals surface area contributed by atoms with Gasteiger partial charge in [-0.2, -0.15) is 0 Å². The Hall–Kier alpha value is -4.19. The zero-order valence-corrected chi connectivity index (χ0v) is 45.2. The third kappa shape index (κ3) is 54.7. The maximum absolute atomic E-state index is 12.8. The first-order valence-electron chi connectivity index (χ1n) is 28.5. The van der Waals surface area contributed by atoms with Crippen LogP contribution >= 0.6 is 0 Å². The summed E-state index contributed by atoms with van der Waals surface area (Å²) < 4.78 is 16.8. The lowest BCUT2D eigenvalue weighted by Gasteiger charge is -2.18. The van der Waals surface area contributed by atoms with Crippen LogP contribution in [0.4, 0.5) is 0 Å². The Bertz CT molecular complexity index is 1490. The van der Waals surface area contributed by atoms with Crippen LogP contribution in [0.3, 0.4) is 0 Å². The highest BCUT2D eigenvalue weighted by molar-refractivity contribution is 5.71. The highest BCUT2D eigenvalue weighted by atomic mass is 16.6. The van der Waals surface area contributed by atoms with Crippen LogP contribution in [-0.2, 0) is 28.6 Å². The van der Waals surface area contributed by atoms with E-state index in [-0.39, 0.29) is 31.1 Å². The van der Waals surface area contributed by atoms with Gasteiger partial charge in [-0.05, 0) is 128 Å². The molecule has 0 amide bonds. The molecule has 0 heterocycles. The summed E-state index contributed by atoms with van der Waals surface area (Å²) >= 11 is 0. The molecular weight excluding hydrogens is 865 g/mol. The second kappa shape index (κ2) is 57.4. The molecule has 1 atom stereocenters. The van der Waals surface area contributed by atoms with Gasteiger partial charge in [-0.1, -0.05) is 219 Å². The average Bonchev–Trinajstić information content (AvgIpc) is 3.36. The fourth-order valence-corrected chi connectivity index (χ4v) is 7.39. The van der Waals surface area contributed by atoms with Crippen molar-refractivity contribution in [3.8, 4) is 0 Å². The molecule has 6 nitrogen and oxygen atoms in total. The minimum Gasteiger partial charge on any atom is -0.462 e. The van der Waals surface area contributed by atoms with Crippen LogP contribution in [-0.4, -0.2) is 37.2 Å². The lowest BCUT2D eigenvalue weighted by Crippen LogP contribution is -2.30. The number of carbonyl (C=O) groups excluding carboxylic acids is 3. The fourth-order valence-electron chi connectivity index (χ4n) is 7.39. The Morgan fingerprint density at radius 1 is 0.300 bits per heavy atom. The smallest absolute Gasteiger partial charge is 0.306 e. The van der Waals surface area contributed by atoms with Crippen LogP contribution in [0.2, 0.25) is 0 Å². The number of unbranched alkanes of at least 4 members (excludes halogenated alkanes) is 19. The first kappa shape index (κ1) is 65.8. The van der Waals surface area contributed by atoms with Gasteiger partial charge in [0.2, 0.25) is 0 Å². The minimum atomic E-state index is -0.799. The van der Waals surface area contributed by atoms with Gasteiger partial charge in [0, 0.05) is 19.3 Å². The topological polar surface area (TPSA) is 78.9 Å². The average molecular weight is 970 g/mol. The van der Waals surface area contributed by atoms with E-state index in [1.54, 1.807) is 0 Å². The molecule has 0 bridgehead atoms. The number of carbonyl (C=O) groups is 3. The van der Waals surface area contributed by atoms with Gasteiger partial charge >= 0.3 is 17.9 Å². The Kier molecular flexibility index (Phi) is 54.0. The molecule has 6 heteroatoms. The van der Waals surface area contributed by atoms with Gasteiger partial charge in [0.25, 0.3) is 0 Å². The van der Waals surface area contributed by atoms with E-state index in [1.807, 2.05) is 0 Å². The monoisotopic (exact) mass is 969 g/mol. The number of ether oxygens (including phenoxy) is 3. The number of rotatable bonds is 50. The molecule has 1 unspecified atom stereocenters. The molecule has 0 N–H and O–H groups in total. The third-order valence-corrected chi connectivity index (χ3v) is 11.7. The molecule has 0 aromatic carbocycles. The van der Waals surface area contributed by atoms with Gasteiger partial charge < -0.3 is 14.2 Å². The predicted octanol–water partition coefficient (Wildman–Crippen LogP) is 19.3. The van der Waals surface area contributed by atoms with E-state index in [0.29, 0.717) is 19.3 Å². The van der Waals surface area contributed by atoms with Crippen LogP contribution in [0.25, 0.3) is 0 Å². The van der Waals surface area contributed by atoms with Crippen LogP contribution < -0.4 is 0 Å². The third-order valence-electron chi connectivity index (χ3n) is 11.7. The zero-order chi connectivity index (χ0) is 50.7. The van der Waals surface area contributed by atoms with Crippen LogP contribution in [0.5, 0.6) is 0 Å². The van der Waals surface area contributed by atoms with E-state index in [2.05, 4.69) is 142 Å². The first-order valence-corrected chi connectivity index (χ1v) is 28.5. The Morgan fingerprint density at radius 2 is 0.586 bits per heavy atom. The van der Waals surface area contributed by atoms with Crippen LogP contribution in [0.1, 0.15) is 245 Å². The number of esters is 3. The van der Waals surface area contributed by atoms with Crippen molar-refractivity contribution >= 4 is 17.9 Å². The molecule has 70 heavy (non-hydrogen) atoms. The molecule has 0 fully saturated rings. The SMILES string of the molecule is CC/C=C\C/C=C\C/C=C\C/C=C\C/C=C\C/C=C\C/C=C\CCCCCCCC(=O)OCC(COC(=O)CCCCCCC/C=C\CCC)OC(=O)CCCCCCC/C=C\C/C=C\CCCCC. The summed E-state index contributed by atoms with van der Waals surface area (Å²) in [5.41, 5.74) is 0. The van der Waals surface area contributed by atoms with Gasteiger partial charge in [0.15, 0.2) is 6.10 Å². The number of hydrogen-bond donors (Lipinski definition) is 0. The van der Waals surface area contributed by atoms with E-state index in [4.69, 9.17) is 14.2 Å². The van der Waals surface area contributed by atoms with E-state index in [0.717, 1.165) is 167 Å². The standard InChI is InChI=1S/C64H104O6/c1-4-7-10-13-16-19-22-24-26-27-28-29-30-31-32-33-34-35-36-37-39-40-42-45-48-51-54-57-63(66)69-60-61(59-68-62(65)56-53-50-47-44-21-18-15-12-9-6-3)70-64(67)58-55-52-49-46-43-41-38-25-23-20-17-14-11-8-5-2/h7,10,12,15-17,19-20,24-26,28-29,31-32,34-35,37-39,61H,4-6,8-9,11,13-14,18,21-23,27,30,33,36,40-60H2,1-3H3/b10-7-,15-12-,19-16-,20-17-,26-24-,29-28-,32-31-,35-34-,38-25-,39-37-. The number of hydrogen-bond acceptors (Lipinski definition) is 6. The summed E-state index contributed by atoms with van der Waals surface area (Å²) in [7, 11) is 0. The lowest BCUT2D eigenvalue weighted by molar-refractivity contribution is -0.167. The summed E-state index contributed by atoms with van der Waals surface area (Å²) in [6, 6.07) is 0. The van der Waals surface area contributed by atoms with Crippen molar-refractivity contribution in [1.82, 2.24) is 0 Å². The summed E-state index contributed by atoms with van der Waals surface area (Å²) in [6.07, 6.45) is 79.1. The summed E-state index contributed by atoms with van der Waals surface area (Å²) in [4.78, 5) is 38.0.